The summed E-state index contributed by atoms with van der Waals surface area (Å²) in [4.78, 5) is 15.0. The molecule has 5 nitrogen and oxygen atoms in total. The molecule has 140 valence electrons. The van der Waals surface area contributed by atoms with Crippen molar-refractivity contribution in [1.82, 2.24) is 15.4 Å². The molecule has 0 aliphatic carbocycles. The molecule has 0 bridgehead atoms. The lowest BCUT2D eigenvalue weighted by Gasteiger charge is -2.37. The monoisotopic (exact) mass is 355 g/mol. The van der Waals surface area contributed by atoms with Gasteiger partial charge in [-0.05, 0) is 51.3 Å². The van der Waals surface area contributed by atoms with Gasteiger partial charge < -0.3 is 9.84 Å². The quantitative estimate of drug-likeness (QED) is 0.862. The third-order valence-electron chi connectivity index (χ3n) is 5.45. The van der Waals surface area contributed by atoms with E-state index in [4.69, 9.17) is 4.52 Å². The Hall–Kier alpha value is -2.14. The van der Waals surface area contributed by atoms with Crippen molar-refractivity contribution in [2.75, 3.05) is 19.6 Å². The van der Waals surface area contributed by atoms with E-state index in [9.17, 15) is 4.79 Å². The molecule has 0 radical (unpaired) electrons. The van der Waals surface area contributed by atoms with E-state index in [0.717, 1.165) is 36.0 Å². The molecule has 3 rings (SSSR count). The van der Waals surface area contributed by atoms with Crippen molar-refractivity contribution >= 4 is 5.91 Å². The molecule has 1 saturated heterocycles. The molecule has 1 atom stereocenters. The zero-order chi connectivity index (χ0) is 18.5. The Morgan fingerprint density at radius 2 is 1.96 bits per heavy atom. The highest BCUT2D eigenvalue weighted by Gasteiger charge is 2.25. The fraction of sp³-hybridized carbons (Fsp3) is 0.524. The number of aryl methyl sites for hydroxylation is 2. The van der Waals surface area contributed by atoms with Crippen LogP contribution in [0, 0.1) is 19.8 Å². The molecule has 1 fully saturated rings. The van der Waals surface area contributed by atoms with E-state index >= 15 is 0 Å². The summed E-state index contributed by atoms with van der Waals surface area (Å²) in [6.45, 7) is 8.84. The standard InChI is InChI=1S/C21H29N3O2/c1-15-9-11-24(12-10-15)20(18-7-5-4-6-8-18)14-22-21(25)13-19-16(2)23-26-17(19)3/h4-8,15,20H,9-14H2,1-3H3,(H,22,25)/t20-/m0/s1. The van der Waals surface area contributed by atoms with Gasteiger partial charge in [0.15, 0.2) is 0 Å². The van der Waals surface area contributed by atoms with Crippen LogP contribution in [0.3, 0.4) is 0 Å². The highest BCUT2D eigenvalue weighted by atomic mass is 16.5. The van der Waals surface area contributed by atoms with Crippen LogP contribution < -0.4 is 5.32 Å². The summed E-state index contributed by atoms with van der Waals surface area (Å²) in [6, 6.07) is 10.7. The van der Waals surface area contributed by atoms with Crippen molar-refractivity contribution in [3.8, 4) is 0 Å². The number of hydrogen-bond donors (Lipinski definition) is 1. The minimum Gasteiger partial charge on any atom is -0.361 e. The van der Waals surface area contributed by atoms with Crippen molar-refractivity contribution in [2.24, 2.45) is 5.92 Å². The molecule has 2 heterocycles. The summed E-state index contributed by atoms with van der Waals surface area (Å²) in [5, 5.41) is 7.06. The molecule has 2 aromatic rings. The van der Waals surface area contributed by atoms with Crippen LogP contribution in [0.2, 0.25) is 0 Å². The predicted octanol–water partition coefficient (Wildman–Crippen LogP) is 3.42. The van der Waals surface area contributed by atoms with Crippen molar-refractivity contribution in [3.05, 3.63) is 52.9 Å². The average molecular weight is 355 g/mol. The number of amides is 1. The third kappa shape index (κ3) is 4.52. The van der Waals surface area contributed by atoms with Gasteiger partial charge in [-0.3, -0.25) is 9.69 Å². The first-order chi connectivity index (χ1) is 12.5. The van der Waals surface area contributed by atoms with Crippen LogP contribution in [0.4, 0.5) is 0 Å². The van der Waals surface area contributed by atoms with Gasteiger partial charge in [0, 0.05) is 12.1 Å². The van der Waals surface area contributed by atoms with E-state index in [1.54, 1.807) is 0 Å². The van der Waals surface area contributed by atoms with E-state index < -0.39 is 0 Å². The number of rotatable bonds is 6. The number of likely N-dealkylation sites (tertiary alicyclic amines) is 1. The van der Waals surface area contributed by atoms with Crippen molar-refractivity contribution in [2.45, 2.75) is 46.1 Å². The zero-order valence-electron chi connectivity index (χ0n) is 16.0. The highest BCUT2D eigenvalue weighted by Crippen LogP contribution is 2.26. The first kappa shape index (κ1) is 18.6. The Morgan fingerprint density at radius 1 is 1.27 bits per heavy atom. The Bertz CT molecular complexity index is 699. The summed E-state index contributed by atoms with van der Waals surface area (Å²) >= 11 is 0. The largest absolute Gasteiger partial charge is 0.361 e. The second kappa shape index (κ2) is 8.49. The van der Waals surface area contributed by atoms with E-state index in [1.807, 2.05) is 19.9 Å². The Labute approximate surface area is 155 Å². The highest BCUT2D eigenvalue weighted by molar-refractivity contribution is 5.79. The van der Waals surface area contributed by atoms with Crippen LogP contribution in [-0.2, 0) is 11.2 Å². The van der Waals surface area contributed by atoms with Crippen molar-refractivity contribution in [1.29, 1.82) is 0 Å². The number of nitrogens with zero attached hydrogens (tertiary/aromatic N) is 2. The van der Waals surface area contributed by atoms with Crippen LogP contribution in [-0.4, -0.2) is 35.6 Å². The molecule has 0 spiro atoms. The number of carbonyl (C=O) groups is 1. The van der Waals surface area contributed by atoms with Gasteiger partial charge in [-0.2, -0.15) is 0 Å². The molecule has 1 aliphatic rings. The van der Waals surface area contributed by atoms with Gasteiger partial charge in [-0.1, -0.05) is 42.4 Å². The molecule has 1 aromatic heterocycles. The smallest absolute Gasteiger partial charge is 0.224 e. The molecule has 1 N–H and O–H groups in total. The van der Waals surface area contributed by atoms with Gasteiger partial charge >= 0.3 is 0 Å². The maximum absolute atomic E-state index is 12.5. The van der Waals surface area contributed by atoms with E-state index in [1.165, 1.54) is 18.4 Å². The van der Waals surface area contributed by atoms with E-state index in [0.29, 0.717) is 13.0 Å². The molecule has 0 saturated carbocycles. The lowest BCUT2D eigenvalue weighted by Crippen LogP contribution is -2.42. The SMILES string of the molecule is Cc1noc(C)c1CC(=O)NC[C@@H](c1ccccc1)N1CCC(C)CC1. The topological polar surface area (TPSA) is 58.4 Å². The van der Waals surface area contributed by atoms with E-state index in [-0.39, 0.29) is 11.9 Å². The summed E-state index contributed by atoms with van der Waals surface area (Å²) in [7, 11) is 0. The minimum absolute atomic E-state index is 0.0192. The van der Waals surface area contributed by atoms with Crippen molar-refractivity contribution < 1.29 is 9.32 Å². The lowest BCUT2D eigenvalue weighted by molar-refractivity contribution is -0.120. The molecule has 0 unspecified atom stereocenters. The van der Waals surface area contributed by atoms with Crippen LogP contribution in [0.5, 0.6) is 0 Å². The number of benzene rings is 1. The van der Waals surface area contributed by atoms with Gasteiger partial charge in [0.05, 0.1) is 18.2 Å². The Balaban J connectivity index is 1.65. The molecule has 5 heteroatoms. The predicted molar refractivity (Wildman–Crippen MR) is 102 cm³/mol. The number of carbonyl (C=O) groups excluding carboxylic acids is 1. The zero-order valence-corrected chi connectivity index (χ0v) is 16.0. The maximum Gasteiger partial charge on any atom is 0.224 e. The maximum atomic E-state index is 12.5. The molecular formula is C21H29N3O2. The summed E-state index contributed by atoms with van der Waals surface area (Å²) in [5.74, 6) is 1.53. The molecular weight excluding hydrogens is 326 g/mol. The number of aromatic nitrogens is 1. The minimum atomic E-state index is 0.0192. The Kier molecular flexibility index (Phi) is 6.09. The number of hydrogen-bond acceptors (Lipinski definition) is 4. The van der Waals surface area contributed by atoms with E-state index in [2.05, 4.69) is 46.6 Å². The second-order valence-electron chi connectivity index (χ2n) is 7.43. The third-order valence-corrected chi connectivity index (χ3v) is 5.45. The van der Waals surface area contributed by atoms with Gasteiger partial charge in [0.2, 0.25) is 5.91 Å². The van der Waals surface area contributed by atoms with Crippen LogP contribution in [0.15, 0.2) is 34.9 Å². The normalized spacial score (nSPS) is 17.2. The van der Waals surface area contributed by atoms with Crippen LogP contribution in [0.1, 0.15) is 48.4 Å². The Morgan fingerprint density at radius 3 is 2.58 bits per heavy atom. The van der Waals surface area contributed by atoms with Gasteiger partial charge in [-0.25, -0.2) is 0 Å². The van der Waals surface area contributed by atoms with Gasteiger partial charge in [0.25, 0.3) is 0 Å². The number of nitrogens with one attached hydrogen (secondary N) is 1. The summed E-state index contributed by atoms with van der Waals surface area (Å²) in [6.07, 6.45) is 2.76. The fourth-order valence-corrected chi connectivity index (χ4v) is 3.66. The second-order valence-corrected chi connectivity index (χ2v) is 7.43. The first-order valence-electron chi connectivity index (χ1n) is 9.52. The fourth-order valence-electron chi connectivity index (χ4n) is 3.66. The first-order valence-corrected chi connectivity index (χ1v) is 9.52. The van der Waals surface area contributed by atoms with Crippen LogP contribution >= 0.6 is 0 Å². The lowest BCUT2D eigenvalue weighted by atomic mass is 9.95. The number of piperidine rings is 1. The van der Waals surface area contributed by atoms with Gasteiger partial charge in [-0.15, -0.1) is 0 Å². The van der Waals surface area contributed by atoms with Crippen LogP contribution in [0.25, 0.3) is 0 Å². The molecule has 1 aromatic carbocycles. The molecule has 26 heavy (non-hydrogen) atoms. The molecule has 1 aliphatic heterocycles. The summed E-state index contributed by atoms with van der Waals surface area (Å²) in [5.41, 5.74) is 2.95. The molecule has 1 amide bonds. The van der Waals surface area contributed by atoms with Gasteiger partial charge in [0.1, 0.15) is 5.76 Å². The van der Waals surface area contributed by atoms with Crippen molar-refractivity contribution in [3.63, 3.8) is 0 Å². The summed E-state index contributed by atoms with van der Waals surface area (Å²) < 4.78 is 5.16. The average Bonchev–Trinajstić information content (AvgIpc) is 2.96.